The van der Waals surface area contributed by atoms with Gasteiger partial charge in [-0.05, 0) is 25.5 Å². The molecule has 0 bridgehead atoms. The average Bonchev–Trinajstić information content (AvgIpc) is 2.93. The van der Waals surface area contributed by atoms with Gasteiger partial charge in [-0.2, -0.15) is 0 Å². The summed E-state index contributed by atoms with van der Waals surface area (Å²) in [6, 6.07) is 4.62. The maximum absolute atomic E-state index is 12.1. The first-order valence-electron chi connectivity index (χ1n) is 6.44. The molecule has 0 spiro atoms. The topological polar surface area (TPSA) is 78.9 Å². The number of anilines is 1. The van der Waals surface area contributed by atoms with Gasteiger partial charge in [0, 0.05) is 13.7 Å². The predicted molar refractivity (Wildman–Crippen MR) is 74.1 cm³/mol. The van der Waals surface area contributed by atoms with Crippen LogP contribution in [0.1, 0.15) is 22.3 Å². The Morgan fingerprint density at radius 3 is 2.80 bits per heavy atom. The van der Waals surface area contributed by atoms with Crippen LogP contribution in [0, 0.1) is 6.92 Å². The van der Waals surface area contributed by atoms with Gasteiger partial charge in [0.2, 0.25) is 0 Å². The Kier molecular flexibility index (Phi) is 4.24. The third-order valence-electron chi connectivity index (χ3n) is 3.42. The summed E-state index contributed by atoms with van der Waals surface area (Å²) in [4.78, 5) is 24.9. The Labute approximate surface area is 117 Å². The van der Waals surface area contributed by atoms with Crippen LogP contribution in [0.3, 0.4) is 0 Å². The highest BCUT2D eigenvalue weighted by Crippen LogP contribution is 2.19. The molecule has 6 heteroatoms. The number of urea groups is 1. The van der Waals surface area contributed by atoms with E-state index in [0.717, 1.165) is 12.0 Å². The fourth-order valence-electron chi connectivity index (χ4n) is 2.14. The van der Waals surface area contributed by atoms with E-state index in [-0.39, 0.29) is 17.6 Å². The lowest BCUT2D eigenvalue weighted by Gasteiger charge is -2.23. The third-order valence-corrected chi connectivity index (χ3v) is 3.42. The van der Waals surface area contributed by atoms with Crippen molar-refractivity contribution in [2.45, 2.75) is 19.4 Å². The third kappa shape index (κ3) is 3.08. The van der Waals surface area contributed by atoms with Gasteiger partial charge in [-0.25, -0.2) is 9.59 Å². The van der Waals surface area contributed by atoms with E-state index in [1.165, 1.54) is 6.07 Å². The minimum absolute atomic E-state index is 0.0359. The van der Waals surface area contributed by atoms with Crippen molar-refractivity contribution in [3.05, 3.63) is 29.3 Å². The molecule has 0 saturated carbocycles. The van der Waals surface area contributed by atoms with Gasteiger partial charge < -0.3 is 20.1 Å². The van der Waals surface area contributed by atoms with Crippen molar-refractivity contribution < 1.29 is 19.4 Å². The number of hydrogen-bond donors (Lipinski definition) is 2. The Morgan fingerprint density at radius 2 is 2.20 bits per heavy atom. The number of nitrogens with one attached hydrogen (secondary N) is 1. The van der Waals surface area contributed by atoms with Gasteiger partial charge in [-0.15, -0.1) is 0 Å². The summed E-state index contributed by atoms with van der Waals surface area (Å²) in [5.41, 5.74) is 1.23. The Morgan fingerprint density at radius 1 is 1.45 bits per heavy atom. The summed E-state index contributed by atoms with van der Waals surface area (Å²) in [5, 5.41) is 11.8. The molecule has 0 aliphatic carbocycles. The molecule has 2 N–H and O–H groups in total. The number of carboxylic acid groups (broad SMARTS) is 1. The highest BCUT2D eigenvalue weighted by atomic mass is 16.5. The van der Waals surface area contributed by atoms with Crippen molar-refractivity contribution in [2.24, 2.45) is 0 Å². The molecule has 1 saturated heterocycles. The van der Waals surface area contributed by atoms with Crippen molar-refractivity contribution >= 4 is 17.7 Å². The molecule has 108 valence electrons. The molecule has 2 amide bonds. The molecular weight excluding hydrogens is 260 g/mol. The van der Waals surface area contributed by atoms with E-state index in [4.69, 9.17) is 9.84 Å². The maximum atomic E-state index is 12.1. The molecule has 0 aromatic heterocycles. The molecule has 1 fully saturated rings. The number of ether oxygens (including phenoxy) is 1. The van der Waals surface area contributed by atoms with Crippen LogP contribution in [0.4, 0.5) is 10.5 Å². The van der Waals surface area contributed by atoms with E-state index in [2.05, 4.69) is 5.32 Å². The van der Waals surface area contributed by atoms with Crippen LogP contribution >= 0.6 is 0 Å². The molecule has 1 aliphatic rings. The Balaban J connectivity index is 2.12. The van der Waals surface area contributed by atoms with Gasteiger partial charge >= 0.3 is 12.0 Å². The summed E-state index contributed by atoms with van der Waals surface area (Å²) < 4.78 is 5.24. The number of likely N-dealkylation sites (N-methyl/N-ethyl adjacent to an activating group) is 1. The van der Waals surface area contributed by atoms with Gasteiger partial charge in [-0.3, -0.25) is 0 Å². The van der Waals surface area contributed by atoms with Crippen LogP contribution in [0.15, 0.2) is 18.2 Å². The first kappa shape index (κ1) is 14.3. The smallest absolute Gasteiger partial charge is 0.337 e. The van der Waals surface area contributed by atoms with Crippen LogP contribution in [-0.4, -0.2) is 48.3 Å². The fraction of sp³-hybridized carbons (Fsp3) is 0.429. The molecule has 1 aromatic rings. The summed E-state index contributed by atoms with van der Waals surface area (Å²) >= 11 is 0. The minimum Gasteiger partial charge on any atom is -0.478 e. The molecule has 2 rings (SSSR count). The summed E-state index contributed by atoms with van der Waals surface area (Å²) in [6.45, 7) is 2.97. The van der Waals surface area contributed by atoms with Crippen LogP contribution < -0.4 is 5.32 Å². The lowest BCUT2D eigenvalue weighted by Crippen LogP contribution is -2.40. The number of rotatable bonds is 3. The minimum atomic E-state index is -1.06. The normalized spacial score (nSPS) is 17.8. The number of carbonyl (C=O) groups excluding carboxylic acids is 1. The molecule has 6 nitrogen and oxygen atoms in total. The Hall–Kier alpha value is -2.08. The lowest BCUT2D eigenvalue weighted by molar-refractivity contribution is 0.0698. The Bertz CT molecular complexity index is 524. The van der Waals surface area contributed by atoms with E-state index in [1.807, 2.05) is 0 Å². The standard InChI is InChI=1S/C14H18N2O4/c1-9-3-4-12(11(7-9)13(17)18)15-14(19)16(2)10-5-6-20-8-10/h3-4,7,10H,5-6,8H2,1-2H3,(H,15,19)(H,17,18). The average molecular weight is 278 g/mol. The maximum Gasteiger partial charge on any atom is 0.337 e. The SMILES string of the molecule is Cc1ccc(NC(=O)N(C)C2CCOC2)c(C(=O)O)c1. The summed E-state index contributed by atoms with van der Waals surface area (Å²) in [5.74, 6) is -1.06. The first-order chi connectivity index (χ1) is 9.49. The largest absolute Gasteiger partial charge is 0.478 e. The van der Waals surface area contributed by atoms with E-state index in [0.29, 0.717) is 18.9 Å². The first-order valence-corrected chi connectivity index (χ1v) is 6.44. The van der Waals surface area contributed by atoms with Crippen LogP contribution in [0.5, 0.6) is 0 Å². The number of hydrogen-bond acceptors (Lipinski definition) is 3. The summed E-state index contributed by atoms with van der Waals surface area (Å²) in [7, 11) is 1.68. The fourth-order valence-corrected chi connectivity index (χ4v) is 2.14. The van der Waals surface area contributed by atoms with Crippen molar-refractivity contribution in [2.75, 3.05) is 25.6 Å². The number of aryl methyl sites for hydroxylation is 1. The second-order valence-electron chi connectivity index (χ2n) is 4.91. The van der Waals surface area contributed by atoms with Gasteiger partial charge in [-0.1, -0.05) is 11.6 Å². The number of carboxylic acids is 1. The molecule has 1 heterocycles. The van der Waals surface area contributed by atoms with E-state index in [1.54, 1.807) is 31.0 Å². The van der Waals surface area contributed by atoms with Crippen LogP contribution in [0.25, 0.3) is 0 Å². The molecule has 1 aliphatic heterocycles. The van der Waals surface area contributed by atoms with Gasteiger partial charge in [0.15, 0.2) is 0 Å². The van der Waals surface area contributed by atoms with Gasteiger partial charge in [0.05, 0.1) is 23.9 Å². The van der Waals surface area contributed by atoms with Crippen molar-refractivity contribution in [3.8, 4) is 0 Å². The quantitative estimate of drug-likeness (QED) is 0.885. The molecule has 1 atom stereocenters. The second-order valence-corrected chi connectivity index (χ2v) is 4.91. The zero-order valence-corrected chi connectivity index (χ0v) is 11.5. The number of aromatic carboxylic acids is 1. The van der Waals surface area contributed by atoms with Gasteiger partial charge in [0.1, 0.15) is 0 Å². The van der Waals surface area contributed by atoms with E-state index in [9.17, 15) is 9.59 Å². The highest BCUT2D eigenvalue weighted by molar-refractivity contribution is 6.00. The molecule has 0 radical (unpaired) electrons. The van der Waals surface area contributed by atoms with Crippen molar-refractivity contribution in [1.29, 1.82) is 0 Å². The second kappa shape index (κ2) is 5.92. The zero-order valence-electron chi connectivity index (χ0n) is 11.5. The van der Waals surface area contributed by atoms with Crippen LogP contribution in [-0.2, 0) is 4.74 Å². The van der Waals surface area contributed by atoms with Crippen LogP contribution in [0.2, 0.25) is 0 Å². The number of benzene rings is 1. The van der Waals surface area contributed by atoms with E-state index < -0.39 is 5.97 Å². The molecular formula is C14H18N2O4. The summed E-state index contributed by atoms with van der Waals surface area (Å²) in [6.07, 6.45) is 0.795. The van der Waals surface area contributed by atoms with Crippen molar-refractivity contribution in [1.82, 2.24) is 4.90 Å². The molecule has 20 heavy (non-hydrogen) atoms. The number of amides is 2. The molecule has 1 unspecified atom stereocenters. The zero-order chi connectivity index (χ0) is 14.7. The monoisotopic (exact) mass is 278 g/mol. The van der Waals surface area contributed by atoms with Crippen molar-refractivity contribution in [3.63, 3.8) is 0 Å². The highest BCUT2D eigenvalue weighted by Gasteiger charge is 2.25. The lowest BCUT2D eigenvalue weighted by atomic mass is 10.1. The number of nitrogens with zero attached hydrogens (tertiary/aromatic N) is 1. The predicted octanol–water partition coefficient (Wildman–Crippen LogP) is 1.95. The molecule has 1 aromatic carbocycles. The van der Waals surface area contributed by atoms with Gasteiger partial charge in [0.25, 0.3) is 0 Å². The number of carbonyl (C=O) groups is 2. The van der Waals surface area contributed by atoms with E-state index >= 15 is 0 Å².